The van der Waals surface area contributed by atoms with Crippen molar-refractivity contribution in [1.29, 1.82) is 0 Å². The summed E-state index contributed by atoms with van der Waals surface area (Å²) in [6.45, 7) is 3.26. The van der Waals surface area contributed by atoms with Gasteiger partial charge in [0.25, 0.3) is 5.56 Å². The number of aryl methyl sites for hydroxylation is 1. The van der Waals surface area contributed by atoms with Crippen molar-refractivity contribution < 1.29 is 18.7 Å². The molecule has 3 rings (SSSR count). The van der Waals surface area contributed by atoms with E-state index < -0.39 is 34.8 Å². The second kappa shape index (κ2) is 9.13. The fourth-order valence-electron chi connectivity index (χ4n) is 2.74. The summed E-state index contributed by atoms with van der Waals surface area (Å²) in [5, 5.41) is 12.1. The summed E-state index contributed by atoms with van der Waals surface area (Å²) in [4.78, 5) is 38.1. The maximum atomic E-state index is 12.6. The number of amides is 1. The molecule has 0 unspecified atom stereocenters. The van der Waals surface area contributed by atoms with Crippen LogP contribution in [0.5, 0.6) is 5.75 Å². The Morgan fingerprint density at radius 2 is 1.93 bits per heavy atom. The molecular weight excluding hydrogens is 384 g/mol. The molecule has 0 spiro atoms. The number of aromatic amines is 1. The molecule has 0 aliphatic carbocycles. The lowest BCUT2D eigenvalue weighted by molar-refractivity contribution is -0.123. The van der Waals surface area contributed by atoms with E-state index in [2.05, 4.69) is 10.3 Å². The number of H-pyrrole nitrogens is 1. The van der Waals surface area contributed by atoms with Crippen molar-refractivity contribution in [1.82, 2.24) is 14.9 Å². The number of halogens is 2. The molecule has 0 aliphatic heterocycles. The van der Waals surface area contributed by atoms with Crippen LogP contribution in [0.25, 0.3) is 10.9 Å². The van der Waals surface area contributed by atoms with Crippen LogP contribution < -0.4 is 16.6 Å². The first-order valence-electron chi connectivity index (χ1n) is 8.83. The first kappa shape index (κ1) is 21.8. The molecule has 0 aliphatic rings. The van der Waals surface area contributed by atoms with E-state index >= 15 is 0 Å². The minimum Gasteiger partial charge on any atom is -0.507 e. The maximum Gasteiger partial charge on any atom is 0.329 e. The topological polar surface area (TPSA) is 104 Å². The molecule has 3 N–H and O–H groups in total. The van der Waals surface area contributed by atoms with E-state index in [0.29, 0.717) is 12.0 Å². The highest BCUT2D eigenvalue weighted by Crippen LogP contribution is 2.18. The summed E-state index contributed by atoms with van der Waals surface area (Å²) >= 11 is 0. The number of likely N-dealkylation sites (N-methyl/N-ethyl adjacent to an activating group) is 1. The molecule has 154 valence electrons. The Kier molecular flexibility index (Phi) is 6.87. The van der Waals surface area contributed by atoms with Crippen molar-refractivity contribution >= 4 is 16.8 Å². The average Bonchev–Trinajstić information content (AvgIpc) is 2.67. The summed E-state index contributed by atoms with van der Waals surface area (Å²) in [5.74, 6) is -1.68. The van der Waals surface area contributed by atoms with Crippen LogP contribution in [0.15, 0.2) is 46.0 Å². The zero-order valence-electron chi connectivity index (χ0n) is 16.1. The van der Waals surface area contributed by atoms with Gasteiger partial charge >= 0.3 is 5.69 Å². The Bertz CT molecular complexity index is 1150. The lowest BCUT2D eigenvalue weighted by Gasteiger charge is -2.13. The van der Waals surface area contributed by atoms with Gasteiger partial charge in [0.2, 0.25) is 5.91 Å². The van der Waals surface area contributed by atoms with Crippen LogP contribution in [0.1, 0.15) is 25.5 Å². The predicted molar refractivity (Wildman–Crippen MR) is 105 cm³/mol. The van der Waals surface area contributed by atoms with E-state index in [0.717, 1.165) is 10.6 Å². The van der Waals surface area contributed by atoms with E-state index in [-0.39, 0.29) is 16.7 Å². The van der Waals surface area contributed by atoms with Crippen LogP contribution >= 0.6 is 0 Å². The second-order valence-electron chi connectivity index (χ2n) is 6.18. The number of nitrogens with zero attached hydrogens (tertiary/aromatic N) is 1. The monoisotopic (exact) mass is 405 g/mol. The Balaban J connectivity index is 0.000000253. The van der Waals surface area contributed by atoms with Crippen molar-refractivity contribution in [2.75, 3.05) is 7.05 Å². The molecule has 0 fully saturated rings. The largest absolute Gasteiger partial charge is 0.507 e. The first-order valence-corrected chi connectivity index (χ1v) is 8.83. The first-order chi connectivity index (χ1) is 13.7. The number of hydrogen-bond donors (Lipinski definition) is 3. The van der Waals surface area contributed by atoms with Crippen LogP contribution in [0.4, 0.5) is 8.78 Å². The molecule has 0 bridgehead atoms. The van der Waals surface area contributed by atoms with Crippen molar-refractivity contribution in [2.45, 2.75) is 26.3 Å². The standard InChI is InChI=1S/C12H13N3O4.C8H8F2/c1-6(10(17)13-2)15-11(18)9-7(14-12(15)19)4-3-5-8(9)16;1-2-6-3-4-7(9)5-8(6)10/h3-6,16H,1-2H3,(H,13,17)(H,14,19);3-5H,2H2,1H3/t6-;/m1./s1. The fraction of sp³-hybridized carbons (Fsp3) is 0.250. The number of benzene rings is 2. The zero-order chi connectivity index (χ0) is 21.7. The minimum absolute atomic E-state index is 0.0159. The van der Waals surface area contributed by atoms with Gasteiger partial charge in [-0.25, -0.2) is 18.1 Å². The molecular formula is C20H21F2N3O4. The number of rotatable bonds is 3. The van der Waals surface area contributed by atoms with E-state index in [9.17, 15) is 28.3 Å². The lowest BCUT2D eigenvalue weighted by Crippen LogP contribution is -2.42. The molecule has 2 aromatic carbocycles. The summed E-state index contributed by atoms with van der Waals surface area (Å²) in [6.07, 6.45) is 0.603. The fourth-order valence-corrected chi connectivity index (χ4v) is 2.74. The molecule has 1 heterocycles. The van der Waals surface area contributed by atoms with Gasteiger partial charge < -0.3 is 15.4 Å². The van der Waals surface area contributed by atoms with Crippen molar-refractivity contribution in [3.63, 3.8) is 0 Å². The van der Waals surface area contributed by atoms with Gasteiger partial charge in [-0.05, 0) is 37.1 Å². The second-order valence-corrected chi connectivity index (χ2v) is 6.18. The minimum atomic E-state index is -0.967. The summed E-state index contributed by atoms with van der Waals surface area (Å²) < 4.78 is 25.6. The Morgan fingerprint density at radius 1 is 1.24 bits per heavy atom. The lowest BCUT2D eigenvalue weighted by atomic mass is 10.1. The Hall–Kier alpha value is -3.49. The molecule has 1 aromatic heterocycles. The number of hydrogen-bond acceptors (Lipinski definition) is 4. The van der Waals surface area contributed by atoms with E-state index in [1.807, 2.05) is 6.92 Å². The van der Waals surface area contributed by atoms with Gasteiger partial charge in [-0.15, -0.1) is 0 Å². The Morgan fingerprint density at radius 3 is 2.52 bits per heavy atom. The van der Waals surface area contributed by atoms with Gasteiger partial charge in [0, 0.05) is 13.1 Å². The molecule has 1 atom stereocenters. The van der Waals surface area contributed by atoms with Gasteiger partial charge in [0.05, 0.1) is 5.52 Å². The number of aromatic hydroxyl groups is 1. The van der Waals surface area contributed by atoms with Gasteiger partial charge in [-0.1, -0.05) is 19.1 Å². The van der Waals surface area contributed by atoms with Crippen molar-refractivity contribution in [3.05, 3.63) is 74.4 Å². The van der Waals surface area contributed by atoms with Crippen LogP contribution in [-0.4, -0.2) is 27.6 Å². The molecule has 0 saturated carbocycles. The predicted octanol–water partition coefficient (Wildman–Crippen LogP) is 2.23. The molecule has 3 aromatic rings. The number of aromatic nitrogens is 2. The average molecular weight is 405 g/mol. The summed E-state index contributed by atoms with van der Waals surface area (Å²) in [7, 11) is 1.41. The van der Waals surface area contributed by atoms with Crippen LogP contribution in [0.3, 0.4) is 0 Å². The number of nitrogens with one attached hydrogen (secondary N) is 2. The molecule has 1 amide bonds. The van der Waals surface area contributed by atoms with E-state index in [1.54, 1.807) is 0 Å². The highest BCUT2D eigenvalue weighted by molar-refractivity contribution is 5.84. The number of fused-ring (bicyclic) bond motifs is 1. The quantitative estimate of drug-likeness (QED) is 0.622. The molecule has 0 saturated heterocycles. The third-order valence-electron chi connectivity index (χ3n) is 4.34. The summed E-state index contributed by atoms with van der Waals surface area (Å²) in [6, 6.07) is 7.03. The summed E-state index contributed by atoms with van der Waals surface area (Å²) in [5.41, 5.74) is -0.607. The third-order valence-corrected chi connectivity index (χ3v) is 4.34. The van der Waals surface area contributed by atoms with Gasteiger partial charge in [-0.2, -0.15) is 0 Å². The Labute approximate surface area is 164 Å². The number of phenols is 1. The number of phenolic OH excluding ortho intramolecular Hbond substituents is 1. The van der Waals surface area contributed by atoms with E-state index in [1.165, 1.54) is 44.3 Å². The smallest absolute Gasteiger partial charge is 0.329 e. The van der Waals surface area contributed by atoms with Crippen molar-refractivity contribution in [3.8, 4) is 5.75 Å². The highest BCUT2D eigenvalue weighted by Gasteiger charge is 2.20. The van der Waals surface area contributed by atoms with Gasteiger partial charge in [0.15, 0.2) is 0 Å². The van der Waals surface area contributed by atoms with Gasteiger partial charge in [0.1, 0.15) is 28.8 Å². The molecule has 0 radical (unpaired) electrons. The number of carbonyl (C=O) groups excluding carboxylic acids is 1. The maximum absolute atomic E-state index is 12.6. The zero-order valence-corrected chi connectivity index (χ0v) is 16.1. The molecule has 7 nitrogen and oxygen atoms in total. The normalized spacial score (nSPS) is 11.5. The van der Waals surface area contributed by atoms with Crippen LogP contribution in [0, 0.1) is 11.6 Å². The highest BCUT2D eigenvalue weighted by atomic mass is 19.1. The van der Waals surface area contributed by atoms with Crippen LogP contribution in [0.2, 0.25) is 0 Å². The molecule has 9 heteroatoms. The van der Waals surface area contributed by atoms with Crippen LogP contribution in [-0.2, 0) is 11.2 Å². The third kappa shape index (κ3) is 4.68. The van der Waals surface area contributed by atoms with E-state index in [4.69, 9.17) is 0 Å². The molecule has 29 heavy (non-hydrogen) atoms. The van der Waals surface area contributed by atoms with Gasteiger partial charge in [-0.3, -0.25) is 9.59 Å². The van der Waals surface area contributed by atoms with Crippen molar-refractivity contribution in [2.24, 2.45) is 0 Å². The SMILES string of the molecule is CCc1ccc(F)cc1F.CNC(=O)[C@@H](C)n1c(=O)[nH]c2cccc(O)c2c1=O. The number of carbonyl (C=O) groups is 1.